The van der Waals surface area contributed by atoms with Crippen LogP contribution in [0.15, 0.2) is 28.7 Å². The molecule has 3 rings (SSSR count). The van der Waals surface area contributed by atoms with Crippen LogP contribution in [0, 0.1) is 11.8 Å². The maximum atomic E-state index is 5.92. The maximum Gasteiger partial charge on any atom is 0.247 e. The summed E-state index contributed by atoms with van der Waals surface area (Å²) in [5.41, 5.74) is 0.914. The molecule has 1 fully saturated rings. The Morgan fingerprint density at radius 1 is 1.13 bits per heavy atom. The molecule has 0 amide bonds. The van der Waals surface area contributed by atoms with Gasteiger partial charge in [-0.3, -0.25) is 4.90 Å². The summed E-state index contributed by atoms with van der Waals surface area (Å²) in [6.45, 7) is 8.95. The lowest BCUT2D eigenvalue weighted by Gasteiger charge is -2.37. The zero-order valence-electron chi connectivity index (χ0n) is 14.3. The van der Waals surface area contributed by atoms with Crippen molar-refractivity contribution in [2.24, 2.45) is 11.8 Å². The Bertz CT molecular complexity index is 628. The van der Waals surface area contributed by atoms with Gasteiger partial charge in [0.25, 0.3) is 0 Å². The Morgan fingerprint density at radius 3 is 2.39 bits per heavy atom. The van der Waals surface area contributed by atoms with Gasteiger partial charge < -0.3 is 9.15 Å². The van der Waals surface area contributed by atoms with E-state index in [0.717, 1.165) is 24.4 Å². The highest BCUT2D eigenvalue weighted by atomic mass is 16.5. The third-order valence-corrected chi connectivity index (χ3v) is 4.58. The van der Waals surface area contributed by atoms with E-state index in [1.165, 1.54) is 6.42 Å². The highest BCUT2D eigenvalue weighted by Gasteiger charge is 2.28. The van der Waals surface area contributed by atoms with Crippen LogP contribution < -0.4 is 4.74 Å². The fraction of sp³-hybridized carbons (Fsp3) is 0.556. The van der Waals surface area contributed by atoms with Crippen LogP contribution in [0.5, 0.6) is 5.75 Å². The first kappa shape index (κ1) is 16.0. The zero-order chi connectivity index (χ0) is 16.4. The molecule has 0 N–H and O–H groups in total. The van der Waals surface area contributed by atoms with Gasteiger partial charge >= 0.3 is 0 Å². The van der Waals surface area contributed by atoms with E-state index in [2.05, 4.69) is 35.9 Å². The van der Waals surface area contributed by atoms with Crippen molar-refractivity contribution in [3.8, 4) is 17.2 Å². The van der Waals surface area contributed by atoms with E-state index in [9.17, 15) is 0 Å². The molecular formula is C18H25N3O2. The minimum absolute atomic E-state index is 0.152. The van der Waals surface area contributed by atoms with Gasteiger partial charge in [0.15, 0.2) is 0 Å². The third-order valence-electron chi connectivity index (χ3n) is 4.58. The fourth-order valence-electron chi connectivity index (χ4n) is 3.44. The number of ether oxygens (including phenoxy) is 1. The molecule has 0 aliphatic carbocycles. The van der Waals surface area contributed by atoms with E-state index in [0.29, 0.717) is 23.6 Å². The quantitative estimate of drug-likeness (QED) is 0.859. The standard InChI is InChI=1S/C18H25N3O2/c1-12-9-13(2)11-21(10-12)14(3)17-19-20-18(23-17)15-5-7-16(22-4)8-6-15/h5-8,12-14H,9-11H2,1-4H3. The van der Waals surface area contributed by atoms with Crippen LogP contribution >= 0.6 is 0 Å². The number of nitrogens with zero attached hydrogens (tertiary/aromatic N) is 3. The van der Waals surface area contributed by atoms with Gasteiger partial charge in [-0.2, -0.15) is 0 Å². The lowest BCUT2D eigenvalue weighted by molar-refractivity contribution is 0.0903. The molecule has 5 heteroatoms. The van der Waals surface area contributed by atoms with Gasteiger partial charge in [-0.15, -0.1) is 10.2 Å². The van der Waals surface area contributed by atoms with Gasteiger partial charge in [-0.25, -0.2) is 0 Å². The molecule has 0 saturated carbocycles. The Morgan fingerprint density at radius 2 is 1.78 bits per heavy atom. The highest BCUT2D eigenvalue weighted by molar-refractivity contribution is 5.53. The molecular weight excluding hydrogens is 290 g/mol. The number of aromatic nitrogens is 2. The topological polar surface area (TPSA) is 51.4 Å². The molecule has 3 unspecified atom stereocenters. The van der Waals surface area contributed by atoms with Crippen molar-refractivity contribution >= 4 is 0 Å². The van der Waals surface area contributed by atoms with E-state index in [1.54, 1.807) is 7.11 Å². The fourth-order valence-corrected chi connectivity index (χ4v) is 3.44. The number of piperidine rings is 1. The lowest BCUT2D eigenvalue weighted by atomic mass is 9.91. The summed E-state index contributed by atoms with van der Waals surface area (Å²) >= 11 is 0. The number of methoxy groups -OCH3 is 1. The van der Waals surface area contributed by atoms with Gasteiger partial charge in [0.2, 0.25) is 11.8 Å². The van der Waals surface area contributed by atoms with Crippen molar-refractivity contribution in [1.82, 2.24) is 15.1 Å². The van der Waals surface area contributed by atoms with E-state index >= 15 is 0 Å². The van der Waals surface area contributed by atoms with Crippen LogP contribution in [-0.4, -0.2) is 35.3 Å². The van der Waals surface area contributed by atoms with Crippen molar-refractivity contribution in [2.45, 2.75) is 33.2 Å². The molecule has 0 radical (unpaired) electrons. The van der Waals surface area contributed by atoms with E-state index in [4.69, 9.17) is 9.15 Å². The summed E-state index contributed by atoms with van der Waals surface area (Å²) < 4.78 is 11.1. The predicted octanol–water partition coefficient (Wildman–Crippen LogP) is 3.78. The first-order valence-corrected chi connectivity index (χ1v) is 8.28. The van der Waals surface area contributed by atoms with E-state index in [-0.39, 0.29) is 6.04 Å². The summed E-state index contributed by atoms with van der Waals surface area (Å²) in [5.74, 6) is 3.50. The molecule has 1 aliphatic rings. The molecule has 5 nitrogen and oxygen atoms in total. The minimum Gasteiger partial charge on any atom is -0.497 e. The molecule has 124 valence electrons. The molecule has 0 bridgehead atoms. The van der Waals surface area contributed by atoms with E-state index < -0.39 is 0 Å². The summed E-state index contributed by atoms with van der Waals surface area (Å²) in [7, 11) is 1.65. The van der Waals surface area contributed by atoms with Crippen molar-refractivity contribution < 1.29 is 9.15 Å². The van der Waals surface area contributed by atoms with Crippen molar-refractivity contribution in [1.29, 1.82) is 0 Å². The highest BCUT2D eigenvalue weighted by Crippen LogP contribution is 2.30. The number of likely N-dealkylation sites (tertiary alicyclic amines) is 1. The number of rotatable bonds is 4. The van der Waals surface area contributed by atoms with Crippen molar-refractivity contribution in [3.05, 3.63) is 30.2 Å². The Balaban J connectivity index is 1.75. The normalized spacial score (nSPS) is 23.7. The molecule has 2 aromatic rings. The van der Waals surface area contributed by atoms with Crippen molar-refractivity contribution in [2.75, 3.05) is 20.2 Å². The third kappa shape index (κ3) is 3.55. The average molecular weight is 315 g/mol. The molecule has 2 heterocycles. The first-order valence-electron chi connectivity index (χ1n) is 8.28. The van der Waals surface area contributed by atoms with Gasteiger partial charge in [0, 0.05) is 18.7 Å². The Hall–Kier alpha value is -1.88. The van der Waals surface area contributed by atoms with Gasteiger partial charge in [-0.05, 0) is 49.4 Å². The summed E-state index contributed by atoms with van der Waals surface area (Å²) in [6.07, 6.45) is 1.30. The SMILES string of the molecule is COc1ccc(-c2nnc(C(C)N3CC(C)CC(C)C3)o2)cc1. The van der Waals surface area contributed by atoms with Crippen LogP contribution in [0.4, 0.5) is 0 Å². The van der Waals surface area contributed by atoms with Crippen LogP contribution in [0.3, 0.4) is 0 Å². The van der Waals surface area contributed by atoms with Gasteiger partial charge in [0.05, 0.1) is 13.2 Å². The second-order valence-electron chi connectivity index (χ2n) is 6.75. The number of hydrogen-bond acceptors (Lipinski definition) is 5. The van der Waals surface area contributed by atoms with Gasteiger partial charge in [-0.1, -0.05) is 13.8 Å². The van der Waals surface area contributed by atoms with Crippen LogP contribution in [0.25, 0.3) is 11.5 Å². The number of hydrogen-bond donors (Lipinski definition) is 0. The largest absolute Gasteiger partial charge is 0.497 e. The molecule has 1 aliphatic heterocycles. The zero-order valence-corrected chi connectivity index (χ0v) is 14.3. The minimum atomic E-state index is 0.152. The molecule has 1 saturated heterocycles. The molecule has 1 aromatic carbocycles. The second kappa shape index (κ2) is 6.71. The summed E-state index contributed by atoms with van der Waals surface area (Å²) in [4.78, 5) is 2.45. The van der Waals surface area contributed by atoms with Gasteiger partial charge in [0.1, 0.15) is 5.75 Å². The number of benzene rings is 1. The van der Waals surface area contributed by atoms with E-state index in [1.807, 2.05) is 24.3 Å². The second-order valence-corrected chi connectivity index (χ2v) is 6.75. The smallest absolute Gasteiger partial charge is 0.247 e. The van der Waals surface area contributed by atoms with Crippen LogP contribution in [0.2, 0.25) is 0 Å². The monoisotopic (exact) mass is 315 g/mol. The molecule has 3 atom stereocenters. The molecule has 1 aromatic heterocycles. The van der Waals surface area contributed by atoms with Crippen LogP contribution in [0.1, 0.15) is 39.1 Å². The Kier molecular flexibility index (Phi) is 4.66. The average Bonchev–Trinajstić information content (AvgIpc) is 3.03. The molecule has 0 spiro atoms. The predicted molar refractivity (Wildman–Crippen MR) is 89.2 cm³/mol. The molecule has 23 heavy (non-hydrogen) atoms. The van der Waals surface area contributed by atoms with Crippen LogP contribution in [-0.2, 0) is 0 Å². The lowest BCUT2D eigenvalue weighted by Crippen LogP contribution is -2.40. The van der Waals surface area contributed by atoms with Crippen molar-refractivity contribution in [3.63, 3.8) is 0 Å². The Labute approximate surface area is 137 Å². The summed E-state index contributed by atoms with van der Waals surface area (Å²) in [6, 6.07) is 7.82. The maximum absolute atomic E-state index is 5.92. The summed E-state index contributed by atoms with van der Waals surface area (Å²) in [5, 5.41) is 8.48. The first-order chi connectivity index (χ1) is 11.1.